The van der Waals surface area contributed by atoms with E-state index in [2.05, 4.69) is 6.92 Å². The Morgan fingerprint density at radius 2 is 2.21 bits per heavy atom. The van der Waals surface area contributed by atoms with Gasteiger partial charge in [-0.1, -0.05) is 6.92 Å². The van der Waals surface area contributed by atoms with Crippen molar-refractivity contribution in [2.75, 3.05) is 13.7 Å². The minimum Gasteiger partial charge on any atom is -0.376 e. The Labute approximate surface area is 85.2 Å². The average molecular weight is 204 g/mol. The summed E-state index contributed by atoms with van der Waals surface area (Å²) in [6.45, 7) is 4.64. The number of ether oxygens (including phenoxy) is 3. The monoisotopic (exact) mass is 204 g/mol. The largest absolute Gasteiger partial charge is 0.376 e. The number of hydrogen-bond donors (Lipinski definition) is 1. The summed E-state index contributed by atoms with van der Waals surface area (Å²) in [5, 5.41) is 9.40. The second-order valence-electron chi connectivity index (χ2n) is 3.64. The standard InChI is InChI=1S/C10H20O4/c1-4-5-13-8-6-9(11)14-7(2)10(8)12-3/h7-11H,4-6H2,1-3H3/t7-,8-,9+,10-/m0/s1. The first-order valence-electron chi connectivity index (χ1n) is 5.17. The highest BCUT2D eigenvalue weighted by Gasteiger charge is 2.36. The van der Waals surface area contributed by atoms with Crippen LogP contribution in [-0.4, -0.2) is 43.4 Å². The highest BCUT2D eigenvalue weighted by molar-refractivity contribution is 4.82. The summed E-state index contributed by atoms with van der Waals surface area (Å²) in [5.74, 6) is 0. The molecule has 0 amide bonds. The molecule has 4 nitrogen and oxygen atoms in total. The van der Waals surface area contributed by atoms with Crippen LogP contribution in [0.3, 0.4) is 0 Å². The van der Waals surface area contributed by atoms with Crippen molar-refractivity contribution >= 4 is 0 Å². The van der Waals surface area contributed by atoms with Crippen molar-refractivity contribution in [1.82, 2.24) is 0 Å². The minimum atomic E-state index is -0.724. The molecule has 0 bridgehead atoms. The molecule has 1 heterocycles. The van der Waals surface area contributed by atoms with E-state index in [0.717, 1.165) is 6.42 Å². The molecule has 1 aliphatic heterocycles. The maximum Gasteiger partial charge on any atom is 0.157 e. The highest BCUT2D eigenvalue weighted by atomic mass is 16.6. The van der Waals surface area contributed by atoms with Crippen molar-refractivity contribution in [2.45, 2.75) is 51.3 Å². The Balaban J connectivity index is 2.49. The van der Waals surface area contributed by atoms with E-state index in [-0.39, 0.29) is 18.3 Å². The van der Waals surface area contributed by atoms with Gasteiger partial charge in [0.1, 0.15) is 6.10 Å². The molecule has 0 aromatic carbocycles. The first-order valence-corrected chi connectivity index (χ1v) is 5.17. The minimum absolute atomic E-state index is 0.0568. The van der Waals surface area contributed by atoms with Crippen LogP contribution in [0.5, 0.6) is 0 Å². The van der Waals surface area contributed by atoms with E-state index in [4.69, 9.17) is 14.2 Å². The van der Waals surface area contributed by atoms with E-state index in [1.54, 1.807) is 7.11 Å². The molecule has 1 rings (SSSR count). The number of hydrogen-bond acceptors (Lipinski definition) is 4. The second-order valence-corrected chi connectivity index (χ2v) is 3.64. The van der Waals surface area contributed by atoms with E-state index in [9.17, 15) is 5.11 Å². The normalized spacial score (nSPS) is 38.6. The molecule has 1 aliphatic rings. The lowest BCUT2D eigenvalue weighted by molar-refractivity contribution is -0.241. The molecule has 0 aromatic heterocycles. The zero-order chi connectivity index (χ0) is 10.6. The first kappa shape index (κ1) is 11.9. The fraction of sp³-hybridized carbons (Fsp3) is 1.00. The topological polar surface area (TPSA) is 47.9 Å². The van der Waals surface area contributed by atoms with Crippen molar-refractivity contribution in [1.29, 1.82) is 0 Å². The summed E-state index contributed by atoms with van der Waals surface area (Å²) in [5.41, 5.74) is 0. The van der Waals surface area contributed by atoms with Crippen molar-refractivity contribution in [2.24, 2.45) is 0 Å². The summed E-state index contributed by atoms with van der Waals surface area (Å²) < 4.78 is 16.2. The van der Waals surface area contributed by atoms with Gasteiger partial charge < -0.3 is 19.3 Å². The molecule has 0 aromatic rings. The van der Waals surface area contributed by atoms with Gasteiger partial charge in [0.05, 0.1) is 12.2 Å². The van der Waals surface area contributed by atoms with Gasteiger partial charge in [0.25, 0.3) is 0 Å². The van der Waals surface area contributed by atoms with Gasteiger partial charge in [0.2, 0.25) is 0 Å². The van der Waals surface area contributed by atoms with Crippen LogP contribution in [0.25, 0.3) is 0 Å². The molecule has 1 fully saturated rings. The highest BCUT2D eigenvalue weighted by Crippen LogP contribution is 2.23. The summed E-state index contributed by atoms with van der Waals surface area (Å²) in [7, 11) is 1.64. The molecular formula is C10H20O4. The zero-order valence-electron chi connectivity index (χ0n) is 9.10. The summed E-state index contributed by atoms with van der Waals surface area (Å²) in [6.07, 6.45) is 0.480. The smallest absolute Gasteiger partial charge is 0.157 e. The third-order valence-corrected chi connectivity index (χ3v) is 2.44. The van der Waals surface area contributed by atoms with E-state index < -0.39 is 6.29 Å². The van der Waals surface area contributed by atoms with E-state index in [0.29, 0.717) is 13.0 Å². The van der Waals surface area contributed by atoms with Crippen LogP contribution in [-0.2, 0) is 14.2 Å². The number of aliphatic hydroxyl groups is 1. The van der Waals surface area contributed by atoms with Gasteiger partial charge in [0.15, 0.2) is 6.29 Å². The summed E-state index contributed by atoms with van der Waals surface area (Å²) >= 11 is 0. The lowest BCUT2D eigenvalue weighted by Crippen LogP contribution is -2.49. The third-order valence-electron chi connectivity index (χ3n) is 2.44. The lowest BCUT2D eigenvalue weighted by Gasteiger charge is -2.37. The van der Waals surface area contributed by atoms with E-state index in [1.165, 1.54) is 0 Å². The van der Waals surface area contributed by atoms with Crippen LogP contribution in [0.15, 0.2) is 0 Å². The van der Waals surface area contributed by atoms with Crippen LogP contribution in [0.1, 0.15) is 26.7 Å². The summed E-state index contributed by atoms with van der Waals surface area (Å²) in [4.78, 5) is 0. The van der Waals surface area contributed by atoms with Gasteiger partial charge in [0, 0.05) is 20.1 Å². The number of methoxy groups -OCH3 is 1. The molecule has 0 radical (unpaired) electrons. The molecule has 0 spiro atoms. The maximum atomic E-state index is 9.40. The molecule has 4 heteroatoms. The predicted octanol–water partition coefficient (Wildman–Crippen LogP) is 0.924. The Morgan fingerprint density at radius 1 is 1.50 bits per heavy atom. The molecule has 1 saturated heterocycles. The van der Waals surface area contributed by atoms with Crippen LogP contribution in [0, 0.1) is 0 Å². The third kappa shape index (κ3) is 2.92. The van der Waals surface area contributed by atoms with Gasteiger partial charge in [-0.3, -0.25) is 0 Å². The van der Waals surface area contributed by atoms with Crippen molar-refractivity contribution in [3.8, 4) is 0 Å². The lowest BCUT2D eigenvalue weighted by atomic mass is 10.0. The SMILES string of the molecule is CCCO[C@H]1C[C@H](O)O[C@@H](C)[C@@H]1OC. The fourth-order valence-corrected chi connectivity index (χ4v) is 1.79. The van der Waals surface area contributed by atoms with Crippen LogP contribution in [0.2, 0.25) is 0 Å². The van der Waals surface area contributed by atoms with Gasteiger partial charge in [-0.05, 0) is 13.3 Å². The van der Waals surface area contributed by atoms with Gasteiger partial charge >= 0.3 is 0 Å². The molecule has 1 N–H and O–H groups in total. The Kier molecular flexibility index (Phi) is 4.81. The Morgan fingerprint density at radius 3 is 2.79 bits per heavy atom. The van der Waals surface area contributed by atoms with Crippen molar-refractivity contribution < 1.29 is 19.3 Å². The Hall–Kier alpha value is -0.160. The maximum absolute atomic E-state index is 9.40. The van der Waals surface area contributed by atoms with E-state index in [1.807, 2.05) is 6.92 Å². The quantitative estimate of drug-likeness (QED) is 0.740. The van der Waals surface area contributed by atoms with Gasteiger partial charge in [-0.25, -0.2) is 0 Å². The molecule has 84 valence electrons. The van der Waals surface area contributed by atoms with Crippen LogP contribution < -0.4 is 0 Å². The van der Waals surface area contributed by atoms with E-state index >= 15 is 0 Å². The average Bonchev–Trinajstić information content (AvgIpc) is 2.14. The molecule has 0 aliphatic carbocycles. The number of rotatable bonds is 4. The van der Waals surface area contributed by atoms with Crippen molar-refractivity contribution in [3.63, 3.8) is 0 Å². The molecule has 0 unspecified atom stereocenters. The van der Waals surface area contributed by atoms with Crippen molar-refractivity contribution in [3.05, 3.63) is 0 Å². The first-order chi connectivity index (χ1) is 6.69. The zero-order valence-corrected chi connectivity index (χ0v) is 9.10. The van der Waals surface area contributed by atoms with Crippen LogP contribution >= 0.6 is 0 Å². The second kappa shape index (κ2) is 5.66. The number of aliphatic hydroxyl groups excluding tert-OH is 1. The van der Waals surface area contributed by atoms with Gasteiger partial charge in [-0.2, -0.15) is 0 Å². The molecule has 0 saturated carbocycles. The van der Waals surface area contributed by atoms with Gasteiger partial charge in [-0.15, -0.1) is 0 Å². The predicted molar refractivity (Wildman–Crippen MR) is 52.0 cm³/mol. The fourth-order valence-electron chi connectivity index (χ4n) is 1.79. The molecule has 14 heavy (non-hydrogen) atoms. The molecular weight excluding hydrogens is 184 g/mol. The summed E-state index contributed by atoms with van der Waals surface area (Å²) in [6, 6.07) is 0. The Bertz CT molecular complexity index is 162. The molecule has 4 atom stereocenters. The van der Waals surface area contributed by atoms with Crippen LogP contribution in [0.4, 0.5) is 0 Å².